The quantitative estimate of drug-likeness (QED) is 0.757. The number of aromatic nitrogens is 2. The average Bonchev–Trinajstić information content (AvgIpc) is 2.93. The first kappa shape index (κ1) is 15.6. The molecule has 0 saturated heterocycles. The molecule has 4 nitrogen and oxygen atoms in total. The molecule has 23 heavy (non-hydrogen) atoms. The van der Waals surface area contributed by atoms with Gasteiger partial charge in [-0.15, -0.1) is 0 Å². The molecule has 120 valence electrons. The van der Waals surface area contributed by atoms with Gasteiger partial charge in [0.2, 0.25) is 0 Å². The molecule has 4 heteroatoms. The van der Waals surface area contributed by atoms with Gasteiger partial charge in [0.25, 0.3) is 0 Å². The van der Waals surface area contributed by atoms with E-state index < -0.39 is 0 Å². The molecule has 0 bridgehead atoms. The Balaban J connectivity index is 2.16. The van der Waals surface area contributed by atoms with Crippen molar-refractivity contribution in [1.29, 1.82) is 0 Å². The Morgan fingerprint density at radius 2 is 1.96 bits per heavy atom. The van der Waals surface area contributed by atoms with E-state index in [0.717, 1.165) is 41.2 Å². The predicted octanol–water partition coefficient (Wildman–Crippen LogP) is 3.60. The van der Waals surface area contributed by atoms with Crippen LogP contribution in [0, 0.1) is 6.92 Å². The summed E-state index contributed by atoms with van der Waals surface area (Å²) in [6.45, 7) is 5.47. The Labute approximate surface area is 136 Å². The van der Waals surface area contributed by atoms with Crippen LogP contribution in [-0.2, 0) is 6.42 Å². The number of nitrogens with zero attached hydrogens (tertiary/aromatic N) is 2. The largest absolute Gasteiger partial charge is 0.490 e. The van der Waals surface area contributed by atoms with Gasteiger partial charge < -0.3 is 14.9 Å². The summed E-state index contributed by atoms with van der Waals surface area (Å²) in [4.78, 5) is 4.87. The fraction of sp³-hybridized carbons (Fsp3) is 0.316. The average molecular weight is 309 g/mol. The molecule has 3 rings (SSSR count). The summed E-state index contributed by atoms with van der Waals surface area (Å²) in [7, 11) is 0. The van der Waals surface area contributed by atoms with Crippen LogP contribution in [0.5, 0.6) is 5.75 Å². The van der Waals surface area contributed by atoms with Gasteiger partial charge in [0, 0.05) is 18.2 Å². The summed E-state index contributed by atoms with van der Waals surface area (Å²) >= 11 is 0. The van der Waals surface area contributed by atoms with E-state index in [2.05, 4.69) is 42.5 Å². The molecule has 0 aliphatic heterocycles. The SMILES string of the molecule is CCCOc1cccn2c(CCN)c(-c3ccc(C)cc3)nc12. The van der Waals surface area contributed by atoms with Crippen LogP contribution in [0.2, 0.25) is 0 Å². The molecule has 0 atom stereocenters. The number of benzene rings is 1. The molecule has 0 aliphatic carbocycles. The van der Waals surface area contributed by atoms with Crippen LogP contribution in [-0.4, -0.2) is 22.5 Å². The molecule has 0 unspecified atom stereocenters. The standard InChI is InChI=1S/C19H23N3O/c1-3-13-23-17-5-4-12-22-16(10-11-20)18(21-19(17)22)15-8-6-14(2)7-9-15/h4-9,12H,3,10-11,13,20H2,1-2H3. The van der Waals surface area contributed by atoms with E-state index in [4.69, 9.17) is 15.5 Å². The highest BCUT2D eigenvalue weighted by Gasteiger charge is 2.16. The fourth-order valence-electron chi connectivity index (χ4n) is 2.73. The van der Waals surface area contributed by atoms with Crippen LogP contribution in [0.4, 0.5) is 0 Å². The molecule has 0 aliphatic rings. The monoisotopic (exact) mass is 309 g/mol. The molecule has 0 spiro atoms. The Kier molecular flexibility index (Phi) is 4.63. The zero-order chi connectivity index (χ0) is 16.2. The molecule has 3 aromatic rings. The van der Waals surface area contributed by atoms with E-state index in [1.807, 2.05) is 18.3 Å². The number of imidazole rings is 1. The van der Waals surface area contributed by atoms with E-state index in [1.165, 1.54) is 5.56 Å². The number of pyridine rings is 1. The zero-order valence-electron chi connectivity index (χ0n) is 13.7. The van der Waals surface area contributed by atoms with Gasteiger partial charge in [-0.3, -0.25) is 0 Å². The minimum absolute atomic E-state index is 0.590. The first-order valence-electron chi connectivity index (χ1n) is 8.14. The minimum Gasteiger partial charge on any atom is -0.490 e. The summed E-state index contributed by atoms with van der Waals surface area (Å²) in [5, 5.41) is 0. The van der Waals surface area contributed by atoms with Gasteiger partial charge in [0.05, 0.1) is 18.0 Å². The molecule has 1 aromatic carbocycles. The second kappa shape index (κ2) is 6.84. The molecule has 0 radical (unpaired) electrons. The lowest BCUT2D eigenvalue weighted by molar-refractivity contribution is 0.319. The highest BCUT2D eigenvalue weighted by atomic mass is 16.5. The van der Waals surface area contributed by atoms with Crippen molar-refractivity contribution in [3.63, 3.8) is 0 Å². The highest BCUT2D eigenvalue weighted by Crippen LogP contribution is 2.29. The van der Waals surface area contributed by atoms with Gasteiger partial charge in [0.1, 0.15) is 0 Å². The first-order chi connectivity index (χ1) is 11.2. The minimum atomic E-state index is 0.590. The van der Waals surface area contributed by atoms with Crippen LogP contribution in [0.15, 0.2) is 42.6 Å². The van der Waals surface area contributed by atoms with E-state index in [0.29, 0.717) is 13.2 Å². The van der Waals surface area contributed by atoms with Crippen LogP contribution in [0.3, 0.4) is 0 Å². The van der Waals surface area contributed by atoms with E-state index in [9.17, 15) is 0 Å². The number of aryl methyl sites for hydroxylation is 1. The van der Waals surface area contributed by atoms with Crippen LogP contribution in [0.25, 0.3) is 16.9 Å². The van der Waals surface area contributed by atoms with Crippen molar-refractivity contribution in [1.82, 2.24) is 9.38 Å². The van der Waals surface area contributed by atoms with Crippen molar-refractivity contribution in [2.24, 2.45) is 5.73 Å². The molecular formula is C19H23N3O. The number of hydrogen-bond donors (Lipinski definition) is 1. The van der Waals surface area contributed by atoms with Crippen LogP contribution < -0.4 is 10.5 Å². The zero-order valence-corrected chi connectivity index (χ0v) is 13.7. The Bertz CT molecular complexity index is 790. The fourth-order valence-corrected chi connectivity index (χ4v) is 2.73. The molecule has 0 fully saturated rings. The maximum absolute atomic E-state index is 5.86. The second-order valence-corrected chi connectivity index (χ2v) is 5.73. The molecule has 2 aromatic heterocycles. The molecule has 2 N–H and O–H groups in total. The maximum Gasteiger partial charge on any atom is 0.180 e. The lowest BCUT2D eigenvalue weighted by Gasteiger charge is -2.07. The number of nitrogens with two attached hydrogens (primary N) is 1. The summed E-state index contributed by atoms with van der Waals surface area (Å²) in [6, 6.07) is 12.4. The van der Waals surface area contributed by atoms with Gasteiger partial charge in [-0.1, -0.05) is 36.8 Å². The van der Waals surface area contributed by atoms with Crippen LogP contribution >= 0.6 is 0 Å². The van der Waals surface area contributed by atoms with Crippen molar-refractivity contribution in [3.05, 3.63) is 53.9 Å². The summed E-state index contributed by atoms with van der Waals surface area (Å²) < 4.78 is 7.96. The number of fused-ring (bicyclic) bond motifs is 1. The maximum atomic E-state index is 5.86. The Morgan fingerprint density at radius 3 is 2.65 bits per heavy atom. The number of rotatable bonds is 6. The van der Waals surface area contributed by atoms with E-state index in [1.54, 1.807) is 0 Å². The summed E-state index contributed by atoms with van der Waals surface area (Å²) in [6.07, 6.45) is 3.79. The normalized spacial score (nSPS) is 11.1. The van der Waals surface area contributed by atoms with Crippen molar-refractivity contribution < 1.29 is 4.74 Å². The third-order valence-corrected chi connectivity index (χ3v) is 3.88. The Morgan fingerprint density at radius 1 is 1.17 bits per heavy atom. The molecular weight excluding hydrogens is 286 g/mol. The van der Waals surface area contributed by atoms with Gasteiger partial charge in [-0.05, 0) is 32.0 Å². The van der Waals surface area contributed by atoms with E-state index in [-0.39, 0.29) is 0 Å². The highest BCUT2D eigenvalue weighted by molar-refractivity contribution is 5.69. The number of hydrogen-bond acceptors (Lipinski definition) is 3. The van der Waals surface area contributed by atoms with Crippen molar-refractivity contribution in [3.8, 4) is 17.0 Å². The smallest absolute Gasteiger partial charge is 0.180 e. The van der Waals surface area contributed by atoms with Gasteiger partial charge >= 0.3 is 0 Å². The predicted molar refractivity (Wildman–Crippen MR) is 93.9 cm³/mol. The topological polar surface area (TPSA) is 52.5 Å². The third-order valence-electron chi connectivity index (χ3n) is 3.88. The second-order valence-electron chi connectivity index (χ2n) is 5.73. The van der Waals surface area contributed by atoms with Crippen molar-refractivity contribution in [2.75, 3.05) is 13.2 Å². The lowest BCUT2D eigenvalue weighted by Crippen LogP contribution is -2.06. The molecule has 2 heterocycles. The summed E-state index contributed by atoms with van der Waals surface area (Å²) in [5.41, 5.74) is 11.2. The molecule has 0 saturated carbocycles. The summed E-state index contributed by atoms with van der Waals surface area (Å²) in [5.74, 6) is 0.825. The van der Waals surface area contributed by atoms with Gasteiger partial charge in [-0.2, -0.15) is 0 Å². The van der Waals surface area contributed by atoms with Crippen molar-refractivity contribution in [2.45, 2.75) is 26.7 Å². The van der Waals surface area contributed by atoms with Gasteiger partial charge in [-0.25, -0.2) is 4.98 Å². The van der Waals surface area contributed by atoms with Crippen LogP contribution in [0.1, 0.15) is 24.6 Å². The number of ether oxygens (including phenoxy) is 1. The van der Waals surface area contributed by atoms with E-state index >= 15 is 0 Å². The first-order valence-corrected chi connectivity index (χ1v) is 8.14. The van der Waals surface area contributed by atoms with Crippen molar-refractivity contribution >= 4 is 5.65 Å². The van der Waals surface area contributed by atoms with Gasteiger partial charge in [0.15, 0.2) is 11.4 Å². The molecule has 0 amide bonds. The Hall–Kier alpha value is -2.33. The lowest BCUT2D eigenvalue weighted by atomic mass is 10.1. The third kappa shape index (κ3) is 3.08.